The second kappa shape index (κ2) is 6.89. The molecule has 0 aliphatic rings. The van der Waals surface area contributed by atoms with Crippen molar-refractivity contribution in [3.63, 3.8) is 0 Å². The zero-order valence-corrected chi connectivity index (χ0v) is 16.8. The Bertz CT molecular complexity index is 1120. The Morgan fingerprint density at radius 1 is 0.815 bits per heavy atom. The van der Waals surface area contributed by atoms with Gasteiger partial charge in [0, 0.05) is 0 Å². The van der Waals surface area contributed by atoms with Crippen LogP contribution in [0, 0.1) is 6.92 Å². The highest BCUT2D eigenvalue weighted by Gasteiger charge is 2.22. The molecule has 4 aromatic carbocycles. The third-order valence-electron chi connectivity index (χ3n) is 5.92. The maximum absolute atomic E-state index is 2.43. The Labute approximate surface area is 163 Å². The number of aryl methyl sites for hydroxylation is 1. The van der Waals surface area contributed by atoms with Gasteiger partial charge in [-0.25, -0.2) is 0 Å². The second-order valence-electron chi connectivity index (χ2n) is 8.35. The Morgan fingerprint density at radius 3 is 2.22 bits per heavy atom. The summed E-state index contributed by atoms with van der Waals surface area (Å²) in [6, 6.07) is 26.9. The zero-order chi connectivity index (χ0) is 19.0. The predicted octanol–water partition coefficient (Wildman–Crippen LogP) is 6.62. The van der Waals surface area contributed by atoms with Crippen molar-refractivity contribution >= 4 is 29.4 Å². The van der Waals surface area contributed by atoms with Crippen LogP contribution in [-0.2, 0) is 5.31 Å². The highest BCUT2D eigenvalue weighted by Crippen LogP contribution is 2.37. The third-order valence-corrected chi connectivity index (χ3v) is 5.92. The lowest BCUT2D eigenvalue weighted by atomic mass is 9.62. The summed E-state index contributed by atoms with van der Waals surface area (Å²) in [6.45, 7) is 6.90. The highest BCUT2D eigenvalue weighted by atomic mass is 14.2. The summed E-state index contributed by atoms with van der Waals surface area (Å²) in [7, 11) is 2.38. The fourth-order valence-corrected chi connectivity index (χ4v) is 4.57. The van der Waals surface area contributed by atoms with Gasteiger partial charge in [-0.2, -0.15) is 0 Å². The molecule has 0 spiro atoms. The average Bonchev–Trinajstić information content (AvgIpc) is 2.67. The number of rotatable bonds is 4. The Hall–Kier alpha value is -2.54. The summed E-state index contributed by atoms with van der Waals surface area (Å²) in [5, 5.41) is 5.50. The lowest BCUT2D eigenvalue weighted by molar-refractivity contribution is 0.592. The number of hydrogen-bond donors (Lipinski definition) is 0. The molecule has 0 heterocycles. The fraction of sp³-hybridized carbons (Fsp3) is 0.231. The maximum Gasteiger partial charge on any atom is 0.114 e. The summed E-state index contributed by atoms with van der Waals surface area (Å²) >= 11 is 0. The first-order valence-electron chi connectivity index (χ1n) is 10.0. The quantitative estimate of drug-likeness (QED) is 0.287. The molecule has 0 amide bonds. The van der Waals surface area contributed by atoms with Crippen LogP contribution in [0.25, 0.3) is 32.7 Å². The number of fused-ring (bicyclic) bond motifs is 3. The van der Waals surface area contributed by atoms with Crippen molar-refractivity contribution in [3.8, 4) is 11.1 Å². The molecular weight excluding hydrogens is 323 g/mol. The van der Waals surface area contributed by atoms with E-state index in [1.54, 1.807) is 0 Å². The van der Waals surface area contributed by atoms with Gasteiger partial charge in [-0.15, -0.1) is 0 Å². The minimum Gasteiger partial charge on any atom is -0.0654 e. The summed E-state index contributed by atoms with van der Waals surface area (Å²) in [5.74, 6) is 0. The first kappa shape index (κ1) is 17.9. The van der Waals surface area contributed by atoms with Gasteiger partial charge in [0.2, 0.25) is 0 Å². The van der Waals surface area contributed by atoms with Crippen molar-refractivity contribution in [2.75, 3.05) is 0 Å². The molecule has 0 aromatic heterocycles. The van der Waals surface area contributed by atoms with Gasteiger partial charge in [0.15, 0.2) is 0 Å². The minimum atomic E-state index is 0.196. The molecule has 0 aliphatic heterocycles. The Kier molecular flexibility index (Phi) is 4.56. The Balaban J connectivity index is 2.00. The molecule has 27 heavy (non-hydrogen) atoms. The standard InChI is InChI=1S/C26H27B/c1-4-15-26(3,27)25-17-20(14-13-18(25)2)24-16-19-9-5-6-10-21(19)22-11-7-8-12-23(22)24/h5-14,16-17H,4,15,27H2,1-3H3. The molecule has 1 heteroatoms. The van der Waals surface area contributed by atoms with Gasteiger partial charge in [0.25, 0.3) is 0 Å². The monoisotopic (exact) mass is 350 g/mol. The van der Waals surface area contributed by atoms with Crippen molar-refractivity contribution in [1.82, 2.24) is 0 Å². The molecule has 1 atom stereocenters. The van der Waals surface area contributed by atoms with E-state index in [0.29, 0.717) is 0 Å². The molecule has 0 fully saturated rings. The van der Waals surface area contributed by atoms with Crippen LogP contribution in [0.2, 0.25) is 0 Å². The SMILES string of the molecule is BC(C)(CCC)c1cc(-c2cc3ccccc3c3ccccc23)ccc1C. The lowest BCUT2D eigenvalue weighted by Gasteiger charge is -2.27. The summed E-state index contributed by atoms with van der Waals surface area (Å²) < 4.78 is 0. The van der Waals surface area contributed by atoms with Gasteiger partial charge < -0.3 is 0 Å². The first-order valence-corrected chi connectivity index (χ1v) is 10.0. The van der Waals surface area contributed by atoms with E-state index in [0.717, 1.165) is 0 Å². The first-order chi connectivity index (χ1) is 13.0. The fourth-order valence-electron chi connectivity index (χ4n) is 4.57. The number of benzene rings is 4. The van der Waals surface area contributed by atoms with Crippen LogP contribution >= 0.6 is 0 Å². The van der Waals surface area contributed by atoms with Crippen molar-refractivity contribution in [3.05, 3.63) is 83.9 Å². The van der Waals surface area contributed by atoms with Crippen molar-refractivity contribution in [2.24, 2.45) is 0 Å². The van der Waals surface area contributed by atoms with Crippen LogP contribution in [0.1, 0.15) is 37.8 Å². The topological polar surface area (TPSA) is 0 Å². The predicted molar refractivity (Wildman–Crippen MR) is 122 cm³/mol. The molecule has 0 N–H and O–H groups in total. The van der Waals surface area contributed by atoms with Crippen LogP contribution in [0.15, 0.2) is 72.8 Å². The van der Waals surface area contributed by atoms with E-state index >= 15 is 0 Å². The van der Waals surface area contributed by atoms with Gasteiger partial charge in [0.1, 0.15) is 7.85 Å². The van der Waals surface area contributed by atoms with E-state index in [9.17, 15) is 0 Å². The van der Waals surface area contributed by atoms with Gasteiger partial charge in [0.05, 0.1) is 0 Å². The van der Waals surface area contributed by atoms with Gasteiger partial charge in [-0.1, -0.05) is 93.4 Å². The van der Waals surface area contributed by atoms with Crippen molar-refractivity contribution in [2.45, 2.75) is 38.9 Å². The molecule has 4 aromatic rings. The highest BCUT2D eigenvalue weighted by molar-refractivity contribution is 6.16. The van der Waals surface area contributed by atoms with Crippen LogP contribution < -0.4 is 0 Å². The third kappa shape index (κ3) is 3.16. The van der Waals surface area contributed by atoms with E-state index in [1.807, 2.05) is 0 Å². The summed E-state index contributed by atoms with van der Waals surface area (Å²) in [4.78, 5) is 0. The molecule has 0 saturated heterocycles. The minimum absolute atomic E-state index is 0.196. The largest absolute Gasteiger partial charge is 0.114 e. The van der Waals surface area contributed by atoms with Crippen LogP contribution in [-0.4, -0.2) is 7.85 Å². The van der Waals surface area contributed by atoms with E-state index in [4.69, 9.17) is 0 Å². The zero-order valence-electron chi connectivity index (χ0n) is 16.8. The van der Waals surface area contributed by atoms with Crippen LogP contribution in [0.3, 0.4) is 0 Å². The molecule has 0 radical (unpaired) electrons. The Morgan fingerprint density at radius 2 is 1.48 bits per heavy atom. The van der Waals surface area contributed by atoms with E-state index in [2.05, 4.69) is 101 Å². The second-order valence-corrected chi connectivity index (χ2v) is 8.35. The van der Waals surface area contributed by atoms with Crippen molar-refractivity contribution in [1.29, 1.82) is 0 Å². The van der Waals surface area contributed by atoms with E-state index in [1.165, 1.54) is 56.6 Å². The molecule has 0 aliphatic carbocycles. The average molecular weight is 350 g/mol. The molecule has 0 bridgehead atoms. The van der Waals surface area contributed by atoms with Gasteiger partial charge in [-0.3, -0.25) is 0 Å². The van der Waals surface area contributed by atoms with Crippen LogP contribution in [0.4, 0.5) is 0 Å². The van der Waals surface area contributed by atoms with Crippen LogP contribution in [0.5, 0.6) is 0 Å². The summed E-state index contributed by atoms with van der Waals surface area (Å²) in [6.07, 6.45) is 2.41. The molecule has 0 nitrogen and oxygen atoms in total. The number of hydrogen-bond acceptors (Lipinski definition) is 0. The molecule has 134 valence electrons. The molecular formula is C26H27B. The van der Waals surface area contributed by atoms with E-state index < -0.39 is 0 Å². The van der Waals surface area contributed by atoms with Gasteiger partial charge in [-0.05, 0) is 62.1 Å². The van der Waals surface area contributed by atoms with Crippen molar-refractivity contribution < 1.29 is 0 Å². The summed E-state index contributed by atoms with van der Waals surface area (Å²) in [5.41, 5.74) is 5.51. The smallest absolute Gasteiger partial charge is 0.0654 e. The maximum atomic E-state index is 2.43. The molecule has 0 saturated carbocycles. The van der Waals surface area contributed by atoms with E-state index in [-0.39, 0.29) is 5.31 Å². The molecule has 4 rings (SSSR count). The van der Waals surface area contributed by atoms with Gasteiger partial charge >= 0.3 is 0 Å². The lowest BCUT2D eigenvalue weighted by Crippen LogP contribution is -2.23. The molecule has 1 unspecified atom stereocenters. The normalized spacial score (nSPS) is 13.7.